The van der Waals surface area contributed by atoms with Crippen LogP contribution in [0.1, 0.15) is 12.8 Å². The van der Waals surface area contributed by atoms with Crippen LogP contribution in [0.3, 0.4) is 0 Å². The van der Waals surface area contributed by atoms with E-state index >= 15 is 0 Å². The summed E-state index contributed by atoms with van der Waals surface area (Å²) in [5, 5.41) is 2.41. The zero-order valence-corrected chi connectivity index (χ0v) is 12.2. The molecule has 0 aromatic carbocycles. The van der Waals surface area contributed by atoms with E-state index in [0.29, 0.717) is 12.8 Å². The van der Waals surface area contributed by atoms with E-state index in [1.165, 1.54) is 19.0 Å². The number of carbonyl (C=O) groups excluding carboxylic acids is 4. The molecule has 1 aliphatic heterocycles. The molecule has 0 aromatic heterocycles. The molecule has 0 bridgehead atoms. The van der Waals surface area contributed by atoms with E-state index in [4.69, 9.17) is 0 Å². The van der Waals surface area contributed by atoms with Crippen molar-refractivity contribution in [1.82, 2.24) is 15.1 Å². The molecule has 4 amide bonds. The lowest BCUT2D eigenvalue weighted by molar-refractivity contribution is -0.146. The summed E-state index contributed by atoms with van der Waals surface area (Å²) in [7, 11) is 2.95. The Hall–Kier alpha value is -2.18. The van der Waals surface area contributed by atoms with E-state index in [0.717, 1.165) is 4.90 Å². The van der Waals surface area contributed by atoms with E-state index < -0.39 is 5.91 Å². The molecule has 1 N–H and O–H groups in total. The Morgan fingerprint density at radius 3 is 2.24 bits per heavy atom. The number of imide groups is 1. The third-order valence-corrected chi connectivity index (χ3v) is 3.98. The van der Waals surface area contributed by atoms with Crippen LogP contribution in [0.5, 0.6) is 0 Å². The number of likely N-dealkylation sites (tertiary alicyclic amines) is 1. The lowest BCUT2D eigenvalue weighted by Gasteiger charge is -2.20. The van der Waals surface area contributed by atoms with Crippen molar-refractivity contribution < 1.29 is 19.2 Å². The molecular weight excluding hydrogens is 274 g/mol. The van der Waals surface area contributed by atoms with Gasteiger partial charge in [-0.05, 0) is 12.8 Å². The van der Waals surface area contributed by atoms with Crippen LogP contribution < -0.4 is 5.32 Å². The highest BCUT2D eigenvalue weighted by molar-refractivity contribution is 6.07. The molecule has 0 radical (unpaired) electrons. The first kappa shape index (κ1) is 15.2. The number of rotatable bonds is 4. The van der Waals surface area contributed by atoms with Crippen LogP contribution in [0.2, 0.25) is 0 Å². The van der Waals surface area contributed by atoms with Crippen molar-refractivity contribution in [2.45, 2.75) is 12.8 Å². The summed E-state index contributed by atoms with van der Waals surface area (Å²) in [6, 6.07) is 0. The highest BCUT2D eigenvalue weighted by Gasteiger charge is 2.47. The molecule has 7 heteroatoms. The largest absolute Gasteiger partial charge is 0.358 e. The zero-order valence-electron chi connectivity index (χ0n) is 12.2. The lowest BCUT2D eigenvalue weighted by Crippen LogP contribution is -2.44. The highest BCUT2D eigenvalue weighted by atomic mass is 16.2. The third kappa shape index (κ3) is 2.96. The van der Waals surface area contributed by atoms with Crippen LogP contribution in [0.4, 0.5) is 0 Å². The predicted octanol–water partition coefficient (Wildman–Crippen LogP) is -0.858. The summed E-state index contributed by atoms with van der Waals surface area (Å²) in [6.45, 7) is -0.391. The molecule has 2 aliphatic rings. The number of nitrogens with zero attached hydrogens (tertiary/aromatic N) is 2. The Balaban J connectivity index is 2.00. The molecule has 7 nitrogen and oxygen atoms in total. The fourth-order valence-electron chi connectivity index (χ4n) is 2.66. The fraction of sp³-hybridized carbons (Fsp3) is 0.571. The highest BCUT2D eigenvalue weighted by Crippen LogP contribution is 2.34. The lowest BCUT2D eigenvalue weighted by atomic mass is 9.85. The molecule has 1 fully saturated rings. The Labute approximate surface area is 122 Å². The third-order valence-electron chi connectivity index (χ3n) is 3.98. The average molecular weight is 293 g/mol. The van der Waals surface area contributed by atoms with Gasteiger partial charge < -0.3 is 10.2 Å². The number of hydrogen-bond donors (Lipinski definition) is 1. The second-order valence-corrected chi connectivity index (χ2v) is 5.34. The van der Waals surface area contributed by atoms with Gasteiger partial charge in [-0.25, -0.2) is 0 Å². The number of fused-ring (bicyclic) bond motifs is 1. The molecule has 1 aliphatic carbocycles. The molecule has 0 unspecified atom stereocenters. The minimum atomic E-state index is -0.424. The van der Waals surface area contributed by atoms with Crippen LogP contribution in [-0.4, -0.2) is 60.6 Å². The maximum atomic E-state index is 12.2. The van der Waals surface area contributed by atoms with Crippen molar-refractivity contribution in [2.24, 2.45) is 11.8 Å². The summed E-state index contributed by atoms with van der Waals surface area (Å²) in [5.74, 6) is -1.96. The minimum Gasteiger partial charge on any atom is -0.358 e. The van der Waals surface area contributed by atoms with Crippen LogP contribution in [0.25, 0.3) is 0 Å². The summed E-state index contributed by atoms with van der Waals surface area (Å²) < 4.78 is 0. The van der Waals surface area contributed by atoms with Gasteiger partial charge in [-0.3, -0.25) is 24.1 Å². The first-order valence-electron chi connectivity index (χ1n) is 6.90. The van der Waals surface area contributed by atoms with Gasteiger partial charge in [0.2, 0.25) is 23.6 Å². The van der Waals surface area contributed by atoms with Gasteiger partial charge in [-0.2, -0.15) is 0 Å². The summed E-state index contributed by atoms with van der Waals surface area (Å²) in [5.41, 5.74) is 0. The van der Waals surface area contributed by atoms with Gasteiger partial charge in [0, 0.05) is 14.1 Å². The van der Waals surface area contributed by atoms with Gasteiger partial charge in [0.25, 0.3) is 0 Å². The maximum Gasteiger partial charge on any atom is 0.242 e. The summed E-state index contributed by atoms with van der Waals surface area (Å²) in [4.78, 5) is 49.9. The van der Waals surface area contributed by atoms with Gasteiger partial charge in [-0.15, -0.1) is 0 Å². The van der Waals surface area contributed by atoms with Crippen LogP contribution in [-0.2, 0) is 19.2 Å². The number of likely N-dealkylation sites (N-methyl/N-ethyl adjacent to an activating group) is 2. The fourth-order valence-corrected chi connectivity index (χ4v) is 2.66. The number of amides is 4. The molecule has 1 saturated heterocycles. The van der Waals surface area contributed by atoms with Crippen molar-refractivity contribution in [3.8, 4) is 0 Å². The SMILES string of the molecule is CNC(=O)CN(C)C(=O)CN1C(=O)[C@H]2CC=CC[C@@H]2C1=O. The molecule has 0 saturated carbocycles. The van der Waals surface area contributed by atoms with Crippen LogP contribution in [0, 0.1) is 11.8 Å². The van der Waals surface area contributed by atoms with Crippen molar-refractivity contribution in [3.05, 3.63) is 12.2 Å². The van der Waals surface area contributed by atoms with E-state index in [2.05, 4.69) is 5.32 Å². The Morgan fingerprint density at radius 1 is 1.24 bits per heavy atom. The summed E-state index contributed by atoms with van der Waals surface area (Å²) >= 11 is 0. The number of nitrogens with one attached hydrogen (secondary N) is 1. The van der Waals surface area contributed by atoms with E-state index in [9.17, 15) is 19.2 Å². The first-order chi connectivity index (χ1) is 9.95. The van der Waals surface area contributed by atoms with Gasteiger partial charge >= 0.3 is 0 Å². The topological polar surface area (TPSA) is 86.8 Å². The standard InChI is InChI=1S/C14H19N3O4/c1-15-11(18)7-16(2)12(19)8-17-13(20)9-5-3-4-6-10(9)14(17)21/h3-4,9-10H,5-8H2,1-2H3,(H,15,18)/t9-,10-/m0/s1. The van der Waals surface area contributed by atoms with Crippen molar-refractivity contribution >= 4 is 23.6 Å². The smallest absolute Gasteiger partial charge is 0.242 e. The molecular formula is C14H19N3O4. The van der Waals surface area contributed by atoms with Crippen molar-refractivity contribution in [1.29, 1.82) is 0 Å². The van der Waals surface area contributed by atoms with E-state index in [1.807, 2.05) is 12.2 Å². The molecule has 0 aromatic rings. The van der Waals surface area contributed by atoms with Gasteiger partial charge in [0.1, 0.15) is 6.54 Å². The Bertz CT molecular complexity index is 488. The van der Waals surface area contributed by atoms with Crippen LogP contribution in [0.15, 0.2) is 12.2 Å². The van der Waals surface area contributed by atoms with Gasteiger partial charge in [-0.1, -0.05) is 12.2 Å². The number of hydrogen-bond acceptors (Lipinski definition) is 4. The number of carbonyl (C=O) groups is 4. The predicted molar refractivity (Wildman–Crippen MR) is 73.8 cm³/mol. The van der Waals surface area contributed by atoms with Crippen molar-refractivity contribution in [2.75, 3.05) is 27.2 Å². The molecule has 2 rings (SSSR count). The van der Waals surface area contributed by atoms with E-state index in [-0.39, 0.29) is 42.6 Å². The van der Waals surface area contributed by atoms with Crippen LogP contribution >= 0.6 is 0 Å². The maximum absolute atomic E-state index is 12.2. The van der Waals surface area contributed by atoms with E-state index in [1.54, 1.807) is 0 Å². The van der Waals surface area contributed by atoms with Crippen molar-refractivity contribution in [3.63, 3.8) is 0 Å². The molecule has 114 valence electrons. The monoisotopic (exact) mass is 293 g/mol. The molecule has 1 heterocycles. The minimum absolute atomic E-state index is 0.0973. The first-order valence-corrected chi connectivity index (χ1v) is 6.90. The summed E-state index contributed by atoms with van der Waals surface area (Å²) in [6.07, 6.45) is 4.90. The Morgan fingerprint density at radius 2 is 1.76 bits per heavy atom. The quantitative estimate of drug-likeness (QED) is 0.540. The normalized spacial score (nSPS) is 24.0. The second-order valence-electron chi connectivity index (χ2n) is 5.34. The Kier molecular flexibility index (Phi) is 4.40. The zero-order chi connectivity index (χ0) is 15.6. The second kappa shape index (κ2) is 6.07. The van der Waals surface area contributed by atoms with Gasteiger partial charge in [0.05, 0.1) is 18.4 Å². The van der Waals surface area contributed by atoms with Gasteiger partial charge in [0.15, 0.2) is 0 Å². The number of allylic oxidation sites excluding steroid dienone is 2. The molecule has 2 atom stereocenters. The average Bonchev–Trinajstić information content (AvgIpc) is 2.72. The molecule has 0 spiro atoms. The molecule has 21 heavy (non-hydrogen) atoms.